The number of anilines is 1. The number of carbonyl (C=O) groups is 1. The molecule has 7 nitrogen and oxygen atoms in total. The van der Waals surface area contributed by atoms with E-state index in [4.69, 9.17) is 9.20 Å². The van der Waals surface area contributed by atoms with E-state index in [0.717, 1.165) is 29.7 Å². The van der Waals surface area contributed by atoms with Crippen LogP contribution in [0.2, 0.25) is 0 Å². The summed E-state index contributed by atoms with van der Waals surface area (Å²) in [6.07, 6.45) is 5.54. The molecule has 2 atom stereocenters. The van der Waals surface area contributed by atoms with Gasteiger partial charge in [-0.25, -0.2) is 18.5 Å². The van der Waals surface area contributed by atoms with E-state index < -0.39 is 21.5 Å². The lowest BCUT2D eigenvalue weighted by Gasteiger charge is -2.27. The molecule has 2 aromatic rings. The Morgan fingerprint density at radius 3 is 2.62 bits per heavy atom. The van der Waals surface area contributed by atoms with Crippen LogP contribution in [0, 0.1) is 10.7 Å². The van der Waals surface area contributed by atoms with Crippen LogP contribution in [0.1, 0.15) is 61.8 Å². The third-order valence-electron chi connectivity index (χ3n) is 5.95. The molecule has 1 aromatic carbocycles. The van der Waals surface area contributed by atoms with E-state index in [0.29, 0.717) is 17.4 Å². The number of hydrogen-bond acceptors (Lipinski definition) is 5. The highest BCUT2D eigenvalue weighted by atomic mass is 32.2. The SMILES string of the molecule is C[C@H](c1ccc2c(c1NC(=O)NS(=N)(=O)c1cc(C(C)(C)O)co1)CC2)C1CC1. The number of carbonyl (C=O) groups excluding carboxylic acids is 1. The molecule has 1 heterocycles. The Hall–Kier alpha value is -2.32. The van der Waals surface area contributed by atoms with Gasteiger partial charge < -0.3 is 14.8 Å². The maximum Gasteiger partial charge on any atom is 0.332 e. The van der Waals surface area contributed by atoms with Crippen molar-refractivity contribution in [1.82, 2.24) is 4.72 Å². The molecule has 4 rings (SSSR count). The number of aryl methyl sites for hydroxylation is 1. The molecule has 29 heavy (non-hydrogen) atoms. The van der Waals surface area contributed by atoms with Gasteiger partial charge in [0, 0.05) is 17.3 Å². The summed E-state index contributed by atoms with van der Waals surface area (Å²) in [4.78, 5) is 12.6. The van der Waals surface area contributed by atoms with Gasteiger partial charge in [0.1, 0.15) is 0 Å². The fourth-order valence-corrected chi connectivity index (χ4v) is 4.69. The van der Waals surface area contributed by atoms with Crippen LogP contribution < -0.4 is 10.0 Å². The van der Waals surface area contributed by atoms with Crippen LogP contribution >= 0.6 is 0 Å². The lowest BCUT2D eigenvalue weighted by Crippen LogP contribution is -2.34. The largest absolute Gasteiger partial charge is 0.452 e. The van der Waals surface area contributed by atoms with Crippen LogP contribution in [0.15, 0.2) is 34.0 Å². The van der Waals surface area contributed by atoms with Gasteiger partial charge in [-0.1, -0.05) is 19.1 Å². The van der Waals surface area contributed by atoms with Crippen molar-refractivity contribution in [1.29, 1.82) is 4.78 Å². The second kappa shape index (κ2) is 6.88. The average Bonchev–Trinajstić information content (AvgIpc) is 3.29. The van der Waals surface area contributed by atoms with Gasteiger partial charge in [-0.2, -0.15) is 0 Å². The number of rotatable bonds is 6. The normalized spacial score (nSPS) is 18.9. The van der Waals surface area contributed by atoms with Crippen molar-refractivity contribution in [2.24, 2.45) is 5.92 Å². The Kier molecular flexibility index (Phi) is 4.74. The molecular weight excluding hydrogens is 390 g/mol. The molecule has 0 bridgehead atoms. The highest BCUT2D eigenvalue weighted by Gasteiger charge is 2.33. The van der Waals surface area contributed by atoms with Gasteiger partial charge in [0.15, 0.2) is 9.92 Å². The summed E-state index contributed by atoms with van der Waals surface area (Å²) >= 11 is 0. The number of hydrogen-bond donors (Lipinski definition) is 4. The molecule has 0 spiro atoms. The number of benzene rings is 1. The van der Waals surface area contributed by atoms with Crippen molar-refractivity contribution in [2.45, 2.75) is 63.1 Å². The van der Waals surface area contributed by atoms with Gasteiger partial charge in [0.05, 0.1) is 11.9 Å². The first-order valence-electron chi connectivity index (χ1n) is 9.90. The summed E-state index contributed by atoms with van der Waals surface area (Å²) in [7, 11) is -3.70. The molecule has 0 saturated heterocycles. The molecule has 0 aliphatic heterocycles. The Bertz CT molecular complexity index is 1060. The van der Waals surface area contributed by atoms with Crippen LogP contribution in [0.5, 0.6) is 0 Å². The second-order valence-electron chi connectivity index (χ2n) is 8.62. The monoisotopic (exact) mass is 417 g/mol. The number of nitrogens with one attached hydrogen (secondary N) is 3. The number of aliphatic hydroxyl groups is 1. The maximum absolute atomic E-state index is 12.8. The summed E-state index contributed by atoms with van der Waals surface area (Å²) in [6, 6.07) is 4.85. The van der Waals surface area contributed by atoms with Crippen LogP contribution in [0.4, 0.5) is 10.5 Å². The Morgan fingerprint density at radius 2 is 2.07 bits per heavy atom. The second-order valence-corrected chi connectivity index (χ2v) is 10.3. The van der Waals surface area contributed by atoms with Gasteiger partial charge in [0.25, 0.3) is 0 Å². The lowest BCUT2D eigenvalue weighted by atomic mass is 9.82. The molecule has 2 aliphatic carbocycles. The van der Waals surface area contributed by atoms with Crippen LogP contribution in [-0.2, 0) is 28.4 Å². The fourth-order valence-electron chi connectivity index (χ4n) is 3.80. The number of amides is 2. The predicted octanol–water partition coefficient (Wildman–Crippen LogP) is 4.26. The van der Waals surface area contributed by atoms with Crippen molar-refractivity contribution < 1.29 is 18.5 Å². The summed E-state index contributed by atoms with van der Waals surface area (Å²) in [5.74, 6) is 0.983. The van der Waals surface area contributed by atoms with E-state index in [-0.39, 0.29) is 5.09 Å². The van der Waals surface area contributed by atoms with E-state index >= 15 is 0 Å². The van der Waals surface area contributed by atoms with Crippen molar-refractivity contribution in [3.05, 3.63) is 46.7 Å². The highest BCUT2D eigenvalue weighted by Crippen LogP contribution is 2.46. The van der Waals surface area contributed by atoms with Crippen LogP contribution in [-0.4, -0.2) is 15.3 Å². The Morgan fingerprint density at radius 1 is 1.34 bits per heavy atom. The molecule has 1 fully saturated rings. The van der Waals surface area contributed by atoms with Gasteiger partial charge in [-0.3, -0.25) is 0 Å². The van der Waals surface area contributed by atoms with Crippen molar-refractivity contribution in [3.63, 3.8) is 0 Å². The Labute approximate surface area is 171 Å². The molecule has 1 aromatic heterocycles. The minimum atomic E-state index is -3.70. The molecular formula is C21H27N3O4S. The molecule has 4 N–H and O–H groups in total. The van der Waals surface area contributed by atoms with Crippen molar-refractivity contribution in [2.75, 3.05) is 5.32 Å². The molecule has 8 heteroatoms. The number of urea groups is 1. The lowest BCUT2D eigenvalue weighted by molar-refractivity contribution is 0.0779. The average molecular weight is 418 g/mol. The molecule has 2 amide bonds. The summed E-state index contributed by atoms with van der Waals surface area (Å²) in [5, 5.41) is 12.7. The molecule has 1 unspecified atom stereocenters. The third-order valence-corrected chi connectivity index (χ3v) is 7.20. The summed E-state index contributed by atoms with van der Waals surface area (Å²) in [6.45, 7) is 5.29. The van der Waals surface area contributed by atoms with E-state index in [1.54, 1.807) is 13.8 Å². The van der Waals surface area contributed by atoms with Gasteiger partial charge >= 0.3 is 6.03 Å². The van der Waals surface area contributed by atoms with E-state index in [1.807, 2.05) is 0 Å². The first-order valence-corrected chi connectivity index (χ1v) is 11.5. The number of furan rings is 1. The van der Waals surface area contributed by atoms with Crippen LogP contribution in [0.25, 0.3) is 0 Å². The van der Waals surface area contributed by atoms with E-state index in [9.17, 15) is 14.1 Å². The first kappa shape index (κ1) is 20.0. The predicted molar refractivity (Wildman–Crippen MR) is 110 cm³/mol. The zero-order valence-corrected chi connectivity index (χ0v) is 17.7. The zero-order valence-electron chi connectivity index (χ0n) is 16.9. The molecule has 2 aliphatic rings. The minimum Gasteiger partial charge on any atom is -0.452 e. The first-order chi connectivity index (χ1) is 13.6. The summed E-state index contributed by atoms with van der Waals surface area (Å²) in [5.41, 5.74) is 3.43. The van der Waals surface area contributed by atoms with Gasteiger partial charge in [0.2, 0.25) is 5.09 Å². The van der Waals surface area contributed by atoms with E-state index in [1.165, 1.54) is 30.7 Å². The number of fused-ring (bicyclic) bond motifs is 1. The Balaban J connectivity index is 1.54. The smallest absolute Gasteiger partial charge is 0.332 e. The standard InChI is InChI=1S/C21H27N3O4S/c1-12(13-4-5-13)16-8-6-14-7-9-17(14)19(16)23-20(25)24-29(22,27)18-10-15(11-28-18)21(2,3)26/h6,8,10-13,26H,4-5,7,9H2,1-3H3,(H3,22,23,24,25,27)/t12-,29?/m0/s1. The van der Waals surface area contributed by atoms with Crippen molar-refractivity contribution in [3.8, 4) is 0 Å². The quantitative estimate of drug-likeness (QED) is 0.562. The van der Waals surface area contributed by atoms with Gasteiger partial charge in [-0.15, -0.1) is 0 Å². The van der Waals surface area contributed by atoms with E-state index in [2.05, 4.69) is 29.1 Å². The zero-order chi connectivity index (χ0) is 21.0. The maximum atomic E-state index is 12.8. The molecule has 1 saturated carbocycles. The summed E-state index contributed by atoms with van der Waals surface area (Å²) < 4.78 is 28.3. The molecule has 156 valence electrons. The fraction of sp³-hybridized carbons (Fsp3) is 0.476. The van der Waals surface area contributed by atoms with Crippen LogP contribution in [0.3, 0.4) is 0 Å². The van der Waals surface area contributed by atoms with Gasteiger partial charge in [-0.05, 0) is 68.1 Å². The van der Waals surface area contributed by atoms with Crippen molar-refractivity contribution >= 4 is 21.6 Å². The highest BCUT2D eigenvalue weighted by molar-refractivity contribution is 7.91. The third kappa shape index (κ3) is 3.91. The molecule has 0 radical (unpaired) electrons. The topological polar surface area (TPSA) is 115 Å². The minimum absolute atomic E-state index is 0.197.